The van der Waals surface area contributed by atoms with Gasteiger partial charge in [0.2, 0.25) is 0 Å². The monoisotopic (exact) mass is 467 g/mol. The summed E-state index contributed by atoms with van der Waals surface area (Å²) < 4.78 is 0. The van der Waals surface area contributed by atoms with Crippen LogP contribution in [0.4, 0.5) is 11.4 Å². The summed E-state index contributed by atoms with van der Waals surface area (Å²) in [4.78, 5) is 25.9. The fraction of sp³-hybridized carbons (Fsp3) is 0.333. The van der Waals surface area contributed by atoms with Crippen LogP contribution in [0.2, 0.25) is 5.02 Å². The van der Waals surface area contributed by atoms with Crippen molar-refractivity contribution >= 4 is 28.9 Å². The van der Waals surface area contributed by atoms with Gasteiger partial charge < -0.3 is 21.3 Å². The third-order valence-corrected chi connectivity index (χ3v) is 6.81. The molecule has 1 fully saturated rings. The Morgan fingerprint density at radius 1 is 1.24 bits per heavy atom. The highest BCUT2D eigenvalue weighted by atomic mass is 35.5. The molecule has 9 heteroatoms. The van der Waals surface area contributed by atoms with Gasteiger partial charge in [0, 0.05) is 12.4 Å². The fourth-order valence-corrected chi connectivity index (χ4v) is 4.48. The minimum Gasteiger partial charge on any atom is -0.397 e. The summed E-state index contributed by atoms with van der Waals surface area (Å²) in [7, 11) is 0. The van der Waals surface area contributed by atoms with Gasteiger partial charge in [0.05, 0.1) is 40.0 Å². The first-order valence-electron chi connectivity index (χ1n) is 10.7. The van der Waals surface area contributed by atoms with Crippen molar-refractivity contribution in [2.24, 2.45) is 5.92 Å². The van der Waals surface area contributed by atoms with Gasteiger partial charge in [-0.3, -0.25) is 14.8 Å². The highest BCUT2D eigenvalue weighted by Crippen LogP contribution is 2.43. The molecule has 1 aliphatic carbocycles. The minimum atomic E-state index is -1.15. The van der Waals surface area contributed by atoms with Gasteiger partial charge in [-0.15, -0.1) is 0 Å². The second-order valence-corrected chi connectivity index (χ2v) is 9.10. The summed E-state index contributed by atoms with van der Waals surface area (Å²) in [6.45, 7) is 3.57. The maximum Gasteiger partial charge on any atom is 0.276 e. The highest BCUT2D eigenvalue weighted by Gasteiger charge is 2.43. The quantitative estimate of drug-likeness (QED) is 0.460. The average molecular weight is 468 g/mol. The zero-order chi connectivity index (χ0) is 23.8. The third-order valence-electron chi connectivity index (χ3n) is 6.50. The van der Waals surface area contributed by atoms with E-state index in [-0.39, 0.29) is 23.2 Å². The molecule has 4 rings (SSSR count). The number of anilines is 2. The molecule has 172 valence electrons. The molecule has 1 aliphatic rings. The van der Waals surface area contributed by atoms with Crippen molar-refractivity contribution in [1.29, 1.82) is 0 Å². The zero-order valence-corrected chi connectivity index (χ0v) is 19.1. The lowest BCUT2D eigenvalue weighted by Crippen LogP contribution is -2.49. The zero-order valence-electron chi connectivity index (χ0n) is 18.4. The maximum atomic E-state index is 13.1. The first kappa shape index (κ1) is 23.1. The summed E-state index contributed by atoms with van der Waals surface area (Å²) in [6, 6.07) is 8.48. The van der Waals surface area contributed by atoms with Crippen LogP contribution in [0.15, 0.2) is 48.9 Å². The summed E-state index contributed by atoms with van der Waals surface area (Å²) >= 11 is 6.23. The molecule has 5 N–H and O–H groups in total. The Balaban J connectivity index is 1.62. The topological polar surface area (TPSA) is 134 Å². The van der Waals surface area contributed by atoms with Gasteiger partial charge in [0.15, 0.2) is 5.69 Å². The lowest BCUT2D eigenvalue weighted by Gasteiger charge is -2.43. The number of pyridine rings is 3. The van der Waals surface area contributed by atoms with E-state index in [1.54, 1.807) is 49.8 Å². The van der Waals surface area contributed by atoms with E-state index in [0.29, 0.717) is 34.9 Å². The van der Waals surface area contributed by atoms with Crippen molar-refractivity contribution in [2.75, 3.05) is 11.1 Å². The Labute approximate surface area is 196 Å². The molecule has 0 unspecified atom stereocenters. The van der Waals surface area contributed by atoms with E-state index in [1.165, 1.54) is 0 Å². The number of hydrogen-bond donors (Lipinski definition) is 4. The van der Waals surface area contributed by atoms with E-state index >= 15 is 0 Å². The molecule has 0 aromatic carbocycles. The number of halogens is 1. The molecule has 0 bridgehead atoms. The van der Waals surface area contributed by atoms with E-state index in [1.807, 2.05) is 13.0 Å². The summed E-state index contributed by atoms with van der Waals surface area (Å²) in [6.07, 6.45) is 4.96. The van der Waals surface area contributed by atoms with E-state index < -0.39 is 17.6 Å². The van der Waals surface area contributed by atoms with Gasteiger partial charge in [-0.2, -0.15) is 0 Å². The summed E-state index contributed by atoms with van der Waals surface area (Å²) in [5.74, 6) is -0.676. The molecule has 4 atom stereocenters. The molecular weight excluding hydrogens is 442 g/mol. The lowest BCUT2D eigenvalue weighted by atomic mass is 9.69. The number of nitrogens with one attached hydrogen (secondary N) is 1. The van der Waals surface area contributed by atoms with Crippen LogP contribution in [-0.4, -0.2) is 42.8 Å². The number of hydrogen-bond acceptors (Lipinski definition) is 7. The standard InChI is InChI=1S/C24H26ClN5O3/c1-13-10-14(11-20(31)24(13,2)33)15-7-9-27-12-19(15)30-23(32)22-17(26)5-6-18(29-22)21-16(25)4-3-8-28-21/h3-9,12-14,20,31,33H,10-11,26H2,1-2H3,(H,30,32)/t13-,14+,20+,24+/m0/s1. The van der Waals surface area contributed by atoms with Crippen LogP contribution in [-0.2, 0) is 0 Å². The van der Waals surface area contributed by atoms with E-state index in [4.69, 9.17) is 17.3 Å². The van der Waals surface area contributed by atoms with Gasteiger partial charge in [-0.25, -0.2) is 4.98 Å². The number of nitrogen functional groups attached to an aromatic ring is 1. The predicted octanol–water partition coefficient (Wildman–Crippen LogP) is 3.65. The molecule has 3 aromatic rings. The van der Waals surface area contributed by atoms with Gasteiger partial charge in [-0.1, -0.05) is 18.5 Å². The largest absolute Gasteiger partial charge is 0.397 e. The van der Waals surface area contributed by atoms with Crippen molar-refractivity contribution in [3.05, 3.63) is 65.2 Å². The Bertz CT molecular complexity index is 1170. The van der Waals surface area contributed by atoms with Crippen LogP contribution in [0.5, 0.6) is 0 Å². The average Bonchev–Trinajstić information content (AvgIpc) is 2.78. The number of nitrogens with two attached hydrogens (primary N) is 1. The minimum absolute atomic E-state index is 0.0454. The number of nitrogens with zero attached hydrogens (tertiary/aromatic N) is 3. The van der Waals surface area contributed by atoms with E-state index in [9.17, 15) is 15.0 Å². The first-order chi connectivity index (χ1) is 15.7. The van der Waals surface area contributed by atoms with Crippen LogP contribution < -0.4 is 11.1 Å². The number of aliphatic hydroxyl groups excluding tert-OH is 1. The predicted molar refractivity (Wildman–Crippen MR) is 127 cm³/mol. The molecule has 1 amide bonds. The molecule has 3 heterocycles. The number of amides is 1. The number of rotatable bonds is 4. The Morgan fingerprint density at radius 3 is 2.76 bits per heavy atom. The van der Waals surface area contributed by atoms with Crippen LogP contribution in [0.25, 0.3) is 11.4 Å². The normalized spacial score (nSPS) is 24.9. The van der Waals surface area contributed by atoms with Crippen molar-refractivity contribution in [1.82, 2.24) is 15.0 Å². The number of carbonyl (C=O) groups excluding carboxylic acids is 1. The number of carbonyl (C=O) groups is 1. The van der Waals surface area contributed by atoms with Gasteiger partial charge >= 0.3 is 0 Å². The maximum absolute atomic E-state index is 13.1. The number of aromatic nitrogens is 3. The van der Waals surface area contributed by atoms with E-state index in [0.717, 1.165) is 5.56 Å². The van der Waals surface area contributed by atoms with Gasteiger partial charge in [-0.05, 0) is 67.5 Å². The Hall–Kier alpha value is -3.07. The van der Waals surface area contributed by atoms with Crippen LogP contribution in [0.1, 0.15) is 48.7 Å². The van der Waals surface area contributed by atoms with Crippen molar-refractivity contribution in [3.63, 3.8) is 0 Å². The first-order valence-corrected chi connectivity index (χ1v) is 11.1. The molecule has 33 heavy (non-hydrogen) atoms. The molecule has 0 spiro atoms. The highest BCUT2D eigenvalue weighted by molar-refractivity contribution is 6.32. The molecule has 1 saturated carbocycles. The smallest absolute Gasteiger partial charge is 0.276 e. The van der Waals surface area contributed by atoms with Gasteiger partial charge in [0.25, 0.3) is 5.91 Å². The molecule has 3 aromatic heterocycles. The Kier molecular flexibility index (Phi) is 6.34. The van der Waals surface area contributed by atoms with Crippen LogP contribution in [0.3, 0.4) is 0 Å². The molecule has 8 nitrogen and oxygen atoms in total. The molecule has 0 saturated heterocycles. The van der Waals surface area contributed by atoms with Crippen LogP contribution in [0, 0.1) is 5.92 Å². The van der Waals surface area contributed by atoms with E-state index in [2.05, 4.69) is 20.3 Å². The Morgan fingerprint density at radius 2 is 2.03 bits per heavy atom. The number of aliphatic hydroxyl groups is 2. The lowest BCUT2D eigenvalue weighted by molar-refractivity contribution is -0.123. The van der Waals surface area contributed by atoms with Crippen molar-refractivity contribution < 1.29 is 15.0 Å². The fourth-order valence-electron chi connectivity index (χ4n) is 4.26. The summed E-state index contributed by atoms with van der Waals surface area (Å²) in [5, 5.41) is 24.3. The van der Waals surface area contributed by atoms with Crippen molar-refractivity contribution in [2.45, 2.75) is 44.3 Å². The second-order valence-electron chi connectivity index (χ2n) is 8.70. The second kappa shape index (κ2) is 9.05. The van der Waals surface area contributed by atoms with Crippen molar-refractivity contribution in [3.8, 4) is 11.4 Å². The third kappa shape index (κ3) is 4.55. The molecular formula is C24H26ClN5O3. The molecule has 0 radical (unpaired) electrons. The van der Waals surface area contributed by atoms with Crippen LogP contribution >= 0.6 is 11.6 Å². The summed E-state index contributed by atoms with van der Waals surface area (Å²) in [5.41, 5.74) is 7.38. The van der Waals surface area contributed by atoms with Gasteiger partial charge in [0.1, 0.15) is 5.69 Å². The SMILES string of the molecule is C[C@H]1C[C@@H](c2ccncc2NC(=O)c2nc(-c3ncccc3Cl)ccc2N)C[C@@H](O)[C@]1(C)O. The molecule has 0 aliphatic heterocycles.